The van der Waals surface area contributed by atoms with E-state index in [2.05, 4.69) is 18.8 Å². The molecule has 1 rings (SSSR count). The van der Waals surface area contributed by atoms with Crippen molar-refractivity contribution in [3.63, 3.8) is 0 Å². The van der Waals surface area contributed by atoms with Crippen molar-refractivity contribution in [1.82, 2.24) is 5.32 Å². The highest BCUT2D eigenvalue weighted by Crippen LogP contribution is 2.12. The molecule has 0 spiro atoms. The van der Waals surface area contributed by atoms with Gasteiger partial charge in [-0.15, -0.1) is 6.58 Å². The highest BCUT2D eigenvalue weighted by Gasteiger charge is 2.04. The molecule has 0 aliphatic rings. The molecule has 0 radical (unpaired) electrons. The number of carbonyl (C=O) groups is 1. The van der Waals surface area contributed by atoms with Crippen molar-refractivity contribution in [3.05, 3.63) is 48.0 Å². The van der Waals surface area contributed by atoms with Gasteiger partial charge in [-0.05, 0) is 30.5 Å². The summed E-state index contributed by atoms with van der Waals surface area (Å²) in [6, 6.07) is 7.80. The van der Waals surface area contributed by atoms with Crippen LogP contribution in [0.25, 0.3) is 0 Å². The Bertz CT molecular complexity index is 477. The summed E-state index contributed by atoms with van der Waals surface area (Å²) in [5.41, 5.74) is 1.94. The predicted molar refractivity (Wildman–Crippen MR) is 114 cm³/mol. The van der Waals surface area contributed by atoms with Crippen LogP contribution in [0.4, 0.5) is 0 Å². The van der Waals surface area contributed by atoms with Crippen LogP contribution in [0, 0.1) is 0 Å². The third-order valence-corrected chi connectivity index (χ3v) is 4.91. The number of hydrogen-bond acceptors (Lipinski definition) is 1. The highest BCUT2D eigenvalue weighted by molar-refractivity contribution is 5.94. The molecule has 0 unspecified atom stereocenters. The van der Waals surface area contributed by atoms with Crippen molar-refractivity contribution < 1.29 is 4.79 Å². The van der Waals surface area contributed by atoms with E-state index in [1.165, 1.54) is 76.2 Å². The Kier molecular flexibility index (Phi) is 13.5. The molecule has 1 aromatic rings. The zero-order chi connectivity index (χ0) is 18.9. The number of amides is 1. The van der Waals surface area contributed by atoms with E-state index in [-0.39, 0.29) is 5.91 Å². The highest BCUT2D eigenvalue weighted by atomic mass is 16.1. The predicted octanol–water partition coefficient (Wildman–Crippen LogP) is 6.85. The van der Waals surface area contributed by atoms with Crippen LogP contribution in [-0.4, -0.2) is 12.5 Å². The first-order valence-electron chi connectivity index (χ1n) is 10.8. The summed E-state index contributed by atoms with van der Waals surface area (Å²) in [7, 11) is 0. The van der Waals surface area contributed by atoms with Crippen molar-refractivity contribution in [2.24, 2.45) is 0 Å². The quantitative estimate of drug-likeness (QED) is 0.254. The molecule has 2 heteroatoms. The van der Waals surface area contributed by atoms with Gasteiger partial charge in [0.05, 0.1) is 0 Å². The van der Waals surface area contributed by atoms with Crippen LogP contribution < -0.4 is 5.32 Å². The first kappa shape index (κ1) is 22.5. The van der Waals surface area contributed by atoms with Gasteiger partial charge >= 0.3 is 0 Å². The number of benzene rings is 1. The Labute approximate surface area is 161 Å². The maximum Gasteiger partial charge on any atom is 0.251 e. The van der Waals surface area contributed by atoms with Gasteiger partial charge in [-0.2, -0.15) is 0 Å². The average molecular weight is 358 g/mol. The third-order valence-electron chi connectivity index (χ3n) is 4.91. The van der Waals surface area contributed by atoms with Gasteiger partial charge in [0.1, 0.15) is 0 Å². The Morgan fingerprint density at radius 1 is 0.846 bits per heavy atom. The summed E-state index contributed by atoms with van der Waals surface area (Å²) in [5, 5.41) is 3.03. The summed E-state index contributed by atoms with van der Waals surface area (Å²) in [6.45, 7) is 6.79. The van der Waals surface area contributed by atoms with E-state index in [0.717, 1.165) is 24.9 Å². The zero-order valence-electron chi connectivity index (χ0n) is 16.9. The molecule has 0 aliphatic carbocycles. The lowest BCUT2D eigenvalue weighted by atomic mass is 10.1. The van der Waals surface area contributed by atoms with Crippen LogP contribution in [0.15, 0.2) is 36.9 Å². The maximum absolute atomic E-state index is 12.1. The molecule has 146 valence electrons. The molecule has 0 saturated heterocycles. The number of rotatable bonds is 16. The Balaban J connectivity index is 1.93. The fourth-order valence-corrected chi connectivity index (χ4v) is 3.23. The molecule has 2 nitrogen and oxygen atoms in total. The second-order valence-electron chi connectivity index (χ2n) is 7.33. The van der Waals surface area contributed by atoms with E-state index < -0.39 is 0 Å². The number of carbonyl (C=O) groups excluding carboxylic acids is 1. The first-order valence-corrected chi connectivity index (χ1v) is 10.8. The Morgan fingerprint density at radius 3 is 1.85 bits per heavy atom. The van der Waals surface area contributed by atoms with Crippen LogP contribution in [0.3, 0.4) is 0 Å². The van der Waals surface area contributed by atoms with E-state index in [9.17, 15) is 4.79 Å². The van der Waals surface area contributed by atoms with Gasteiger partial charge in [-0.3, -0.25) is 4.79 Å². The van der Waals surface area contributed by atoms with Crippen molar-refractivity contribution in [2.45, 2.75) is 90.4 Å². The molecular formula is C24H39NO. The Hall–Kier alpha value is -1.57. The van der Waals surface area contributed by atoms with Gasteiger partial charge in [0, 0.05) is 12.1 Å². The van der Waals surface area contributed by atoms with E-state index in [1.54, 1.807) is 0 Å². The van der Waals surface area contributed by atoms with Crippen molar-refractivity contribution in [3.8, 4) is 0 Å². The monoisotopic (exact) mass is 357 g/mol. The van der Waals surface area contributed by atoms with E-state index in [4.69, 9.17) is 0 Å². The normalized spacial score (nSPS) is 10.7. The molecule has 0 aliphatic heterocycles. The van der Waals surface area contributed by atoms with Crippen molar-refractivity contribution in [1.29, 1.82) is 0 Å². The van der Waals surface area contributed by atoms with Gasteiger partial charge in [-0.1, -0.05) is 95.8 Å². The van der Waals surface area contributed by atoms with E-state index >= 15 is 0 Å². The second kappa shape index (κ2) is 15.7. The van der Waals surface area contributed by atoms with Crippen LogP contribution in [-0.2, 0) is 6.42 Å². The lowest BCUT2D eigenvalue weighted by Gasteiger charge is -2.06. The lowest BCUT2D eigenvalue weighted by Crippen LogP contribution is -2.24. The number of allylic oxidation sites excluding steroid dienone is 1. The van der Waals surface area contributed by atoms with E-state index in [0.29, 0.717) is 0 Å². The van der Waals surface area contributed by atoms with Gasteiger partial charge in [0.25, 0.3) is 5.91 Å². The van der Waals surface area contributed by atoms with Crippen molar-refractivity contribution in [2.75, 3.05) is 6.54 Å². The summed E-state index contributed by atoms with van der Waals surface area (Å²) in [6.07, 6.45) is 18.8. The second-order valence-corrected chi connectivity index (χ2v) is 7.33. The minimum Gasteiger partial charge on any atom is -0.352 e. The fourth-order valence-electron chi connectivity index (χ4n) is 3.23. The van der Waals surface area contributed by atoms with Crippen molar-refractivity contribution >= 4 is 5.91 Å². The summed E-state index contributed by atoms with van der Waals surface area (Å²) in [4.78, 5) is 12.1. The van der Waals surface area contributed by atoms with Gasteiger partial charge in [0.2, 0.25) is 0 Å². The maximum atomic E-state index is 12.1. The minimum atomic E-state index is 0.0400. The van der Waals surface area contributed by atoms with Crippen LogP contribution in [0.5, 0.6) is 0 Å². The van der Waals surface area contributed by atoms with E-state index in [1.807, 2.05) is 30.3 Å². The van der Waals surface area contributed by atoms with Gasteiger partial charge < -0.3 is 5.32 Å². The SMILES string of the molecule is C=CCc1ccc(C(=O)NCCCCCCCCCCCCCC)cc1. The molecular weight excluding hydrogens is 318 g/mol. The van der Waals surface area contributed by atoms with Crippen LogP contribution in [0.1, 0.15) is 99.9 Å². The number of nitrogens with one attached hydrogen (secondary N) is 1. The summed E-state index contributed by atoms with van der Waals surface area (Å²) >= 11 is 0. The molecule has 0 fully saturated rings. The average Bonchev–Trinajstić information content (AvgIpc) is 2.66. The first-order chi connectivity index (χ1) is 12.8. The smallest absolute Gasteiger partial charge is 0.251 e. The molecule has 0 heterocycles. The molecule has 1 aromatic carbocycles. The van der Waals surface area contributed by atoms with Gasteiger partial charge in [-0.25, -0.2) is 0 Å². The molecule has 0 saturated carbocycles. The molecule has 0 atom stereocenters. The van der Waals surface area contributed by atoms with Crippen LogP contribution in [0.2, 0.25) is 0 Å². The van der Waals surface area contributed by atoms with Crippen LogP contribution >= 0.6 is 0 Å². The molecule has 1 amide bonds. The number of unbranched alkanes of at least 4 members (excludes halogenated alkanes) is 11. The molecule has 0 bridgehead atoms. The summed E-state index contributed by atoms with van der Waals surface area (Å²) < 4.78 is 0. The largest absolute Gasteiger partial charge is 0.352 e. The minimum absolute atomic E-state index is 0.0400. The lowest BCUT2D eigenvalue weighted by molar-refractivity contribution is 0.0953. The molecule has 0 aromatic heterocycles. The topological polar surface area (TPSA) is 29.1 Å². The number of hydrogen-bond donors (Lipinski definition) is 1. The molecule has 1 N–H and O–H groups in total. The summed E-state index contributed by atoms with van der Waals surface area (Å²) in [5.74, 6) is 0.0400. The fraction of sp³-hybridized carbons (Fsp3) is 0.625. The Morgan fingerprint density at radius 2 is 1.35 bits per heavy atom. The molecule has 26 heavy (non-hydrogen) atoms. The van der Waals surface area contributed by atoms with Gasteiger partial charge in [0.15, 0.2) is 0 Å². The standard InChI is InChI=1S/C24H39NO/c1-3-5-6-7-8-9-10-11-12-13-14-15-21-25-24(26)23-19-17-22(16-4-2)18-20-23/h4,17-20H,2-3,5-16,21H2,1H3,(H,25,26). The third kappa shape index (κ3) is 11.1. The zero-order valence-corrected chi connectivity index (χ0v) is 16.9.